The fourth-order valence-electron chi connectivity index (χ4n) is 2.14. The van der Waals surface area contributed by atoms with E-state index in [1.807, 2.05) is 30.3 Å². The maximum Gasteiger partial charge on any atom is 0.288 e. The predicted molar refractivity (Wildman–Crippen MR) is 78.6 cm³/mol. The smallest absolute Gasteiger partial charge is 0.288 e. The molecule has 0 saturated heterocycles. The highest BCUT2D eigenvalue weighted by atomic mass is 16.3. The van der Waals surface area contributed by atoms with Gasteiger partial charge in [-0.25, -0.2) is 0 Å². The van der Waals surface area contributed by atoms with Crippen molar-refractivity contribution in [3.63, 3.8) is 0 Å². The molecule has 1 aromatic carbocycles. The Morgan fingerprint density at radius 3 is 2.90 bits per heavy atom. The summed E-state index contributed by atoms with van der Waals surface area (Å²) in [7, 11) is 1.68. The third-order valence-electron chi connectivity index (χ3n) is 3.33. The Bertz CT molecular complexity index is 473. The molecule has 0 fully saturated rings. The number of nitrogens with zero attached hydrogens (tertiary/aromatic N) is 2. The topological polar surface area (TPSA) is 64.9 Å². The number of amides is 1. The van der Waals surface area contributed by atoms with Crippen molar-refractivity contribution in [3.05, 3.63) is 35.9 Å². The number of benzene rings is 1. The van der Waals surface area contributed by atoms with E-state index in [-0.39, 0.29) is 12.5 Å². The van der Waals surface area contributed by atoms with E-state index in [4.69, 9.17) is 0 Å². The number of nitrogens with one attached hydrogen (secondary N) is 1. The third kappa shape index (κ3) is 3.81. The molecule has 108 valence electrons. The number of likely N-dealkylation sites (N-methyl/N-ethyl adjacent to an activating group) is 1. The zero-order valence-electron chi connectivity index (χ0n) is 11.7. The highest BCUT2D eigenvalue weighted by Gasteiger charge is 2.20. The standard InChI is InChI=1S/C15H21N3O2/c1-18(11-13(19)12-7-3-2-4-8-12)15(20)14-16-9-5-6-10-17-14/h2-4,7-8,13,19H,5-6,9-11H2,1H3,(H,16,17). The number of hydrogen-bond donors (Lipinski definition) is 2. The number of hydrogen-bond acceptors (Lipinski definition) is 4. The second-order valence-corrected chi connectivity index (χ2v) is 4.98. The molecule has 20 heavy (non-hydrogen) atoms. The van der Waals surface area contributed by atoms with Crippen LogP contribution < -0.4 is 5.32 Å². The Balaban J connectivity index is 1.95. The monoisotopic (exact) mass is 275 g/mol. The summed E-state index contributed by atoms with van der Waals surface area (Å²) in [5.74, 6) is 0.243. The van der Waals surface area contributed by atoms with Crippen molar-refractivity contribution >= 4 is 11.7 Å². The predicted octanol–water partition coefficient (Wildman–Crippen LogP) is 0.960. The molecule has 1 aliphatic heterocycles. The van der Waals surface area contributed by atoms with Crippen molar-refractivity contribution < 1.29 is 9.90 Å². The molecule has 2 N–H and O–H groups in total. The molecule has 0 spiro atoms. The van der Waals surface area contributed by atoms with Gasteiger partial charge in [0.2, 0.25) is 0 Å². The second-order valence-electron chi connectivity index (χ2n) is 4.98. The van der Waals surface area contributed by atoms with Gasteiger partial charge in [0.05, 0.1) is 12.6 Å². The van der Waals surface area contributed by atoms with Gasteiger partial charge in [0.15, 0.2) is 5.84 Å². The lowest BCUT2D eigenvalue weighted by atomic mass is 10.1. The maximum atomic E-state index is 12.2. The van der Waals surface area contributed by atoms with Crippen molar-refractivity contribution in [2.45, 2.75) is 18.9 Å². The summed E-state index contributed by atoms with van der Waals surface area (Å²) in [6.07, 6.45) is 1.34. The lowest BCUT2D eigenvalue weighted by Gasteiger charge is -2.21. The van der Waals surface area contributed by atoms with Gasteiger partial charge >= 0.3 is 0 Å². The Hall–Kier alpha value is -1.88. The molecular formula is C15H21N3O2. The number of aliphatic hydroxyl groups is 1. The molecule has 0 radical (unpaired) electrons. The highest BCUT2D eigenvalue weighted by Crippen LogP contribution is 2.13. The number of aliphatic hydroxyl groups excluding tert-OH is 1. The zero-order valence-corrected chi connectivity index (χ0v) is 11.7. The van der Waals surface area contributed by atoms with Crippen LogP contribution in [-0.4, -0.2) is 48.4 Å². The molecule has 0 bridgehead atoms. The average molecular weight is 275 g/mol. The first-order valence-electron chi connectivity index (χ1n) is 6.95. The summed E-state index contributed by atoms with van der Waals surface area (Å²) < 4.78 is 0. The molecule has 1 unspecified atom stereocenters. The van der Waals surface area contributed by atoms with Gasteiger partial charge in [-0.15, -0.1) is 0 Å². The first-order valence-corrected chi connectivity index (χ1v) is 6.95. The van der Waals surface area contributed by atoms with E-state index in [2.05, 4.69) is 10.3 Å². The van der Waals surface area contributed by atoms with Crippen LogP contribution in [-0.2, 0) is 4.79 Å². The van der Waals surface area contributed by atoms with Crippen molar-refractivity contribution in [3.8, 4) is 0 Å². The Morgan fingerprint density at radius 2 is 2.15 bits per heavy atom. The molecule has 2 rings (SSSR count). The SMILES string of the molecule is CN(CC(O)c1ccccc1)C(=O)C1=NCCCCN1. The van der Waals surface area contributed by atoms with Crippen molar-refractivity contribution in [2.24, 2.45) is 4.99 Å². The minimum Gasteiger partial charge on any atom is -0.387 e. The summed E-state index contributed by atoms with van der Waals surface area (Å²) in [6, 6.07) is 9.35. The normalized spacial score (nSPS) is 16.6. The molecule has 0 aromatic heterocycles. The van der Waals surface area contributed by atoms with Crippen LogP contribution in [0, 0.1) is 0 Å². The van der Waals surface area contributed by atoms with Gasteiger partial charge in [-0.3, -0.25) is 9.79 Å². The van der Waals surface area contributed by atoms with Crippen LogP contribution in [0.5, 0.6) is 0 Å². The molecular weight excluding hydrogens is 254 g/mol. The van der Waals surface area contributed by atoms with E-state index < -0.39 is 6.10 Å². The summed E-state index contributed by atoms with van der Waals surface area (Å²) >= 11 is 0. The Labute approximate surface area is 119 Å². The lowest BCUT2D eigenvalue weighted by molar-refractivity contribution is -0.124. The van der Waals surface area contributed by atoms with Gasteiger partial charge in [-0.05, 0) is 18.4 Å². The number of carbonyl (C=O) groups excluding carboxylic acids is 1. The van der Waals surface area contributed by atoms with Crippen LogP contribution in [0.2, 0.25) is 0 Å². The van der Waals surface area contributed by atoms with Crippen molar-refractivity contribution in [1.82, 2.24) is 10.2 Å². The number of amidine groups is 1. The van der Waals surface area contributed by atoms with Crippen LogP contribution >= 0.6 is 0 Å². The lowest BCUT2D eigenvalue weighted by Crippen LogP contribution is -2.42. The molecule has 5 heteroatoms. The van der Waals surface area contributed by atoms with Gasteiger partial charge in [0, 0.05) is 20.1 Å². The second kappa shape index (κ2) is 7.05. The van der Waals surface area contributed by atoms with E-state index >= 15 is 0 Å². The largest absolute Gasteiger partial charge is 0.387 e. The van der Waals surface area contributed by atoms with Crippen molar-refractivity contribution in [1.29, 1.82) is 0 Å². The molecule has 0 aliphatic carbocycles. The minimum absolute atomic E-state index is 0.165. The minimum atomic E-state index is -0.684. The number of rotatable bonds is 4. The molecule has 1 heterocycles. The first kappa shape index (κ1) is 14.5. The van der Waals surface area contributed by atoms with Gasteiger partial charge in [-0.1, -0.05) is 30.3 Å². The van der Waals surface area contributed by atoms with Crippen LogP contribution in [0.4, 0.5) is 0 Å². The zero-order chi connectivity index (χ0) is 14.4. The molecule has 1 aromatic rings. The number of aliphatic imine (C=N–C) groups is 1. The number of carbonyl (C=O) groups is 1. The fourth-order valence-corrected chi connectivity index (χ4v) is 2.14. The van der Waals surface area contributed by atoms with Crippen molar-refractivity contribution in [2.75, 3.05) is 26.7 Å². The van der Waals surface area contributed by atoms with Gasteiger partial charge in [0.1, 0.15) is 0 Å². The third-order valence-corrected chi connectivity index (χ3v) is 3.33. The summed E-state index contributed by atoms with van der Waals surface area (Å²) in [5.41, 5.74) is 0.808. The molecule has 1 aliphatic rings. The van der Waals surface area contributed by atoms with E-state index in [0.717, 1.165) is 24.9 Å². The van der Waals surface area contributed by atoms with Crippen LogP contribution in [0.25, 0.3) is 0 Å². The van der Waals surface area contributed by atoms with E-state index in [0.29, 0.717) is 12.4 Å². The fraction of sp³-hybridized carbons (Fsp3) is 0.467. The average Bonchev–Trinajstić information content (AvgIpc) is 2.76. The van der Waals surface area contributed by atoms with E-state index in [1.54, 1.807) is 7.05 Å². The summed E-state index contributed by atoms with van der Waals surface area (Å²) in [5, 5.41) is 13.2. The van der Waals surface area contributed by atoms with Crippen LogP contribution in [0.15, 0.2) is 35.3 Å². The highest BCUT2D eigenvalue weighted by molar-refractivity contribution is 6.37. The summed E-state index contributed by atoms with van der Waals surface area (Å²) in [4.78, 5) is 18.0. The maximum absolute atomic E-state index is 12.2. The van der Waals surface area contributed by atoms with E-state index in [1.165, 1.54) is 4.90 Å². The van der Waals surface area contributed by atoms with Gasteiger partial charge in [0.25, 0.3) is 5.91 Å². The molecule has 5 nitrogen and oxygen atoms in total. The Morgan fingerprint density at radius 1 is 1.40 bits per heavy atom. The van der Waals surface area contributed by atoms with Gasteiger partial charge in [-0.2, -0.15) is 0 Å². The van der Waals surface area contributed by atoms with Crippen LogP contribution in [0.3, 0.4) is 0 Å². The van der Waals surface area contributed by atoms with E-state index in [9.17, 15) is 9.90 Å². The molecule has 0 saturated carbocycles. The Kier molecular flexibility index (Phi) is 5.12. The summed E-state index contributed by atoms with van der Waals surface area (Å²) in [6.45, 7) is 1.71. The molecule has 1 atom stereocenters. The van der Waals surface area contributed by atoms with Crippen LogP contribution in [0.1, 0.15) is 24.5 Å². The molecule has 1 amide bonds. The first-order chi connectivity index (χ1) is 9.68. The quantitative estimate of drug-likeness (QED) is 0.860. The van der Waals surface area contributed by atoms with Gasteiger partial charge < -0.3 is 15.3 Å².